The Kier molecular flexibility index (Phi) is 3.41. The summed E-state index contributed by atoms with van der Waals surface area (Å²) in [4.78, 5) is 15.4. The third-order valence-electron chi connectivity index (χ3n) is 2.08. The molecule has 0 saturated carbocycles. The van der Waals surface area contributed by atoms with Crippen LogP contribution in [-0.2, 0) is 5.75 Å². The summed E-state index contributed by atoms with van der Waals surface area (Å²) in [6, 6.07) is 7.30. The fourth-order valence-electron chi connectivity index (χ4n) is 1.25. The molecule has 0 atom stereocenters. The van der Waals surface area contributed by atoms with Crippen LogP contribution in [0.25, 0.3) is 0 Å². The van der Waals surface area contributed by atoms with Crippen LogP contribution >= 0.6 is 11.8 Å². The molecule has 0 amide bonds. The highest BCUT2D eigenvalue weighted by molar-refractivity contribution is 7.98. The van der Waals surface area contributed by atoms with Gasteiger partial charge in [-0.3, -0.25) is 4.79 Å². The number of nitrogens with zero attached hydrogens (tertiary/aromatic N) is 1. The van der Waals surface area contributed by atoms with Gasteiger partial charge in [0.1, 0.15) is 5.76 Å². The molecule has 4 heteroatoms. The van der Waals surface area contributed by atoms with Crippen LogP contribution < -0.4 is 0 Å². The summed E-state index contributed by atoms with van der Waals surface area (Å²) >= 11 is 1.55. The van der Waals surface area contributed by atoms with E-state index in [0.29, 0.717) is 5.56 Å². The Hall–Kier alpha value is -1.55. The third-order valence-corrected chi connectivity index (χ3v) is 3.03. The van der Waals surface area contributed by atoms with Crippen molar-refractivity contribution in [3.8, 4) is 0 Å². The number of thioether (sulfide) groups is 1. The van der Waals surface area contributed by atoms with E-state index in [1.807, 2.05) is 12.1 Å². The number of hydrogen-bond acceptors (Lipinski definition) is 4. The molecule has 0 aliphatic rings. The maximum absolute atomic E-state index is 11.2. The molecule has 0 spiro atoms. The Morgan fingerprint density at radius 1 is 1.50 bits per heavy atom. The molecule has 2 rings (SSSR count). The predicted molar refractivity (Wildman–Crippen MR) is 62.5 cm³/mol. The normalized spacial score (nSPS) is 10.3. The molecule has 0 aliphatic carbocycles. The number of hydrogen-bond donors (Lipinski definition) is 0. The second-order valence-corrected chi connectivity index (χ2v) is 4.30. The standard InChI is InChI=1S/C12H11NO2S/c1-9(14)10-4-5-13-12(7-10)16-8-11-3-2-6-15-11/h2-7H,8H2,1H3. The van der Waals surface area contributed by atoms with Crippen molar-refractivity contribution in [1.82, 2.24) is 4.98 Å². The lowest BCUT2D eigenvalue weighted by atomic mass is 10.2. The third kappa shape index (κ3) is 2.73. The number of aromatic nitrogens is 1. The minimum Gasteiger partial charge on any atom is -0.468 e. The van der Waals surface area contributed by atoms with E-state index in [9.17, 15) is 4.79 Å². The van der Waals surface area contributed by atoms with Gasteiger partial charge in [-0.2, -0.15) is 0 Å². The average molecular weight is 233 g/mol. The van der Waals surface area contributed by atoms with Crippen molar-refractivity contribution in [2.45, 2.75) is 17.7 Å². The summed E-state index contributed by atoms with van der Waals surface area (Å²) in [6.45, 7) is 1.55. The molecule has 0 bridgehead atoms. The molecule has 82 valence electrons. The summed E-state index contributed by atoms with van der Waals surface area (Å²) in [7, 11) is 0. The first-order valence-corrected chi connectivity index (χ1v) is 5.86. The Bertz CT molecular complexity index is 480. The summed E-state index contributed by atoms with van der Waals surface area (Å²) in [5.74, 6) is 1.68. The van der Waals surface area contributed by atoms with Gasteiger partial charge in [0.25, 0.3) is 0 Å². The zero-order valence-electron chi connectivity index (χ0n) is 8.84. The van der Waals surface area contributed by atoms with Gasteiger partial charge >= 0.3 is 0 Å². The fourth-order valence-corrected chi connectivity index (χ4v) is 2.05. The van der Waals surface area contributed by atoms with E-state index in [-0.39, 0.29) is 5.78 Å². The van der Waals surface area contributed by atoms with E-state index in [0.717, 1.165) is 16.5 Å². The second-order valence-electron chi connectivity index (χ2n) is 3.31. The highest BCUT2D eigenvalue weighted by atomic mass is 32.2. The molecular formula is C12H11NO2S. The molecule has 2 heterocycles. The molecule has 0 radical (unpaired) electrons. The monoisotopic (exact) mass is 233 g/mol. The van der Waals surface area contributed by atoms with Crippen LogP contribution in [-0.4, -0.2) is 10.8 Å². The Labute approximate surface area is 97.9 Å². The van der Waals surface area contributed by atoms with E-state index in [1.165, 1.54) is 0 Å². The van der Waals surface area contributed by atoms with Gasteiger partial charge in [-0.15, -0.1) is 0 Å². The summed E-state index contributed by atoms with van der Waals surface area (Å²) in [5, 5.41) is 0.837. The Morgan fingerprint density at radius 2 is 2.38 bits per heavy atom. The van der Waals surface area contributed by atoms with Gasteiger partial charge in [-0.1, -0.05) is 11.8 Å². The number of furan rings is 1. The molecule has 2 aromatic rings. The molecule has 0 aromatic carbocycles. The Balaban J connectivity index is 2.04. The molecule has 3 nitrogen and oxygen atoms in total. The van der Waals surface area contributed by atoms with E-state index in [1.54, 1.807) is 43.3 Å². The van der Waals surface area contributed by atoms with Gasteiger partial charge < -0.3 is 4.42 Å². The zero-order chi connectivity index (χ0) is 11.4. The summed E-state index contributed by atoms with van der Waals surface area (Å²) in [5.41, 5.74) is 0.692. The Morgan fingerprint density at radius 3 is 3.06 bits per heavy atom. The van der Waals surface area contributed by atoms with E-state index in [4.69, 9.17) is 4.42 Å². The van der Waals surface area contributed by atoms with Crippen LogP contribution in [0.3, 0.4) is 0 Å². The van der Waals surface area contributed by atoms with Crippen molar-refractivity contribution in [3.63, 3.8) is 0 Å². The van der Waals surface area contributed by atoms with Gasteiger partial charge in [0.05, 0.1) is 17.0 Å². The maximum Gasteiger partial charge on any atom is 0.159 e. The van der Waals surface area contributed by atoms with Gasteiger partial charge in [0, 0.05) is 11.8 Å². The number of rotatable bonds is 4. The van der Waals surface area contributed by atoms with Gasteiger partial charge in [0.2, 0.25) is 0 Å². The fraction of sp³-hybridized carbons (Fsp3) is 0.167. The number of carbonyl (C=O) groups excluding carboxylic acids is 1. The lowest BCUT2D eigenvalue weighted by Crippen LogP contribution is -1.93. The van der Waals surface area contributed by atoms with Crippen molar-refractivity contribution in [2.75, 3.05) is 0 Å². The number of carbonyl (C=O) groups is 1. The first-order chi connectivity index (χ1) is 7.75. The van der Waals surface area contributed by atoms with Gasteiger partial charge in [-0.25, -0.2) is 4.98 Å². The minimum absolute atomic E-state index is 0.0576. The van der Waals surface area contributed by atoms with Crippen LogP contribution in [0.2, 0.25) is 0 Å². The lowest BCUT2D eigenvalue weighted by Gasteiger charge is -2.00. The van der Waals surface area contributed by atoms with Crippen molar-refractivity contribution < 1.29 is 9.21 Å². The smallest absolute Gasteiger partial charge is 0.159 e. The first-order valence-electron chi connectivity index (χ1n) is 4.88. The van der Waals surface area contributed by atoms with Crippen LogP contribution in [0.5, 0.6) is 0 Å². The van der Waals surface area contributed by atoms with E-state index in [2.05, 4.69) is 4.98 Å². The minimum atomic E-state index is 0.0576. The molecule has 0 unspecified atom stereocenters. The first kappa shape index (κ1) is 11.0. The van der Waals surface area contributed by atoms with E-state index < -0.39 is 0 Å². The van der Waals surface area contributed by atoms with Gasteiger partial charge in [0.15, 0.2) is 5.78 Å². The number of ketones is 1. The van der Waals surface area contributed by atoms with E-state index >= 15 is 0 Å². The molecule has 0 N–H and O–H groups in total. The topological polar surface area (TPSA) is 43.1 Å². The molecule has 16 heavy (non-hydrogen) atoms. The maximum atomic E-state index is 11.2. The van der Waals surface area contributed by atoms with Crippen LogP contribution in [0.15, 0.2) is 46.2 Å². The van der Waals surface area contributed by atoms with Crippen molar-refractivity contribution in [2.24, 2.45) is 0 Å². The largest absolute Gasteiger partial charge is 0.468 e. The lowest BCUT2D eigenvalue weighted by molar-refractivity contribution is 0.101. The van der Waals surface area contributed by atoms with Crippen LogP contribution in [0.1, 0.15) is 23.0 Å². The summed E-state index contributed by atoms with van der Waals surface area (Å²) in [6.07, 6.45) is 3.30. The second kappa shape index (κ2) is 4.99. The quantitative estimate of drug-likeness (QED) is 0.601. The number of pyridine rings is 1. The van der Waals surface area contributed by atoms with Crippen LogP contribution in [0, 0.1) is 0 Å². The highest BCUT2D eigenvalue weighted by Gasteiger charge is 2.03. The molecular weight excluding hydrogens is 222 g/mol. The molecule has 0 fully saturated rings. The van der Waals surface area contributed by atoms with Gasteiger partial charge in [-0.05, 0) is 31.2 Å². The number of Topliss-reactive ketones (excluding diaryl/α,β-unsaturated/α-hetero) is 1. The molecule has 0 aliphatic heterocycles. The van der Waals surface area contributed by atoms with Crippen LogP contribution in [0.4, 0.5) is 0 Å². The van der Waals surface area contributed by atoms with Crippen molar-refractivity contribution >= 4 is 17.5 Å². The molecule has 2 aromatic heterocycles. The zero-order valence-corrected chi connectivity index (χ0v) is 9.66. The molecule has 0 saturated heterocycles. The predicted octanol–water partition coefficient (Wildman–Crippen LogP) is 3.17. The SMILES string of the molecule is CC(=O)c1ccnc(SCc2ccco2)c1. The average Bonchev–Trinajstić information content (AvgIpc) is 2.79. The summed E-state index contributed by atoms with van der Waals surface area (Å²) < 4.78 is 5.22. The highest BCUT2D eigenvalue weighted by Crippen LogP contribution is 2.21. The van der Waals surface area contributed by atoms with Crippen molar-refractivity contribution in [1.29, 1.82) is 0 Å². The van der Waals surface area contributed by atoms with Crippen molar-refractivity contribution in [3.05, 3.63) is 48.0 Å².